The van der Waals surface area contributed by atoms with Gasteiger partial charge in [0.2, 0.25) is 0 Å². The van der Waals surface area contributed by atoms with E-state index >= 15 is 0 Å². The Labute approximate surface area is 146 Å². The van der Waals surface area contributed by atoms with Gasteiger partial charge in [0.15, 0.2) is 6.61 Å². The Morgan fingerprint density at radius 3 is 2.80 bits per heavy atom. The van der Waals surface area contributed by atoms with Crippen LogP contribution in [0.1, 0.15) is 16.7 Å². The fourth-order valence-corrected chi connectivity index (χ4v) is 2.63. The standard InChI is InChI=1S/C20H21N3O2/c1-14-8-9-17(10-15(14)2)25-13-20(24)22-21-11-16-12-23(3)19-7-5-4-6-18(16)19/h4-12H,13H2,1-3H3,(H,22,24)/b21-11-. The number of amides is 1. The van der Waals surface area contributed by atoms with Gasteiger partial charge >= 0.3 is 0 Å². The zero-order valence-electron chi connectivity index (χ0n) is 14.6. The number of hydrazone groups is 1. The highest BCUT2D eigenvalue weighted by Gasteiger charge is 2.05. The number of nitrogens with zero attached hydrogens (tertiary/aromatic N) is 2. The number of hydrogen-bond acceptors (Lipinski definition) is 3. The molecule has 0 aliphatic rings. The molecule has 0 atom stereocenters. The SMILES string of the molecule is Cc1ccc(OCC(=O)N/N=C\c2cn(C)c3ccccc23)cc1C. The van der Waals surface area contributed by atoms with Crippen molar-refractivity contribution in [3.8, 4) is 5.75 Å². The van der Waals surface area contributed by atoms with Gasteiger partial charge < -0.3 is 9.30 Å². The van der Waals surface area contributed by atoms with Crippen molar-refractivity contribution in [2.75, 3.05) is 6.61 Å². The molecule has 0 aliphatic carbocycles. The molecule has 0 spiro atoms. The Bertz CT molecular complexity index is 941. The van der Waals surface area contributed by atoms with Gasteiger partial charge in [0.1, 0.15) is 5.75 Å². The van der Waals surface area contributed by atoms with Crippen LogP contribution < -0.4 is 10.2 Å². The minimum atomic E-state index is -0.297. The highest BCUT2D eigenvalue weighted by molar-refractivity contribution is 5.99. The van der Waals surface area contributed by atoms with Crippen LogP contribution in [0.4, 0.5) is 0 Å². The van der Waals surface area contributed by atoms with E-state index in [1.54, 1.807) is 6.21 Å². The third kappa shape index (κ3) is 3.88. The van der Waals surface area contributed by atoms with Crippen LogP contribution in [-0.4, -0.2) is 23.3 Å². The average Bonchev–Trinajstić information content (AvgIpc) is 2.92. The molecule has 3 rings (SSSR count). The maximum absolute atomic E-state index is 11.9. The maximum Gasteiger partial charge on any atom is 0.277 e. The Hall–Kier alpha value is -3.08. The Kier molecular flexibility index (Phi) is 4.84. The summed E-state index contributed by atoms with van der Waals surface area (Å²) in [4.78, 5) is 11.9. The average molecular weight is 335 g/mol. The molecule has 1 aromatic heterocycles. The van der Waals surface area contributed by atoms with E-state index in [1.165, 1.54) is 5.56 Å². The van der Waals surface area contributed by atoms with Gasteiger partial charge in [-0.05, 0) is 43.2 Å². The number of hydrogen-bond donors (Lipinski definition) is 1. The highest BCUT2D eigenvalue weighted by Crippen LogP contribution is 2.18. The molecule has 1 amide bonds. The lowest BCUT2D eigenvalue weighted by Gasteiger charge is -2.07. The first-order valence-electron chi connectivity index (χ1n) is 8.10. The second kappa shape index (κ2) is 7.21. The van der Waals surface area contributed by atoms with Gasteiger partial charge in [-0.25, -0.2) is 5.43 Å². The molecule has 5 nitrogen and oxygen atoms in total. The number of para-hydroxylation sites is 1. The van der Waals surface area contributed by atoms with Crippen LogP contribution in [0, 0.1) is 13.8 Å². The lowest BCUT2D eigenvalue weighted by atomic mass is 10.1. The highest BCUT2D eigenvalue weighted by atomic mass is 16.5. The summed E-state index contributed by atoms with van der Waals surface area (Å²) in [5.41, 5.74) is 6.89. The van der Waals surface area contributed by atoms with E-state index in [4.69, 9.17) is 4.74 Å². The van der Waals surface area contributed by atoms with Crippen molar-refractivity contribution in [1.82, 2.24) is 9.99 Å². The largest absolute Gasteiger partial charge is 0.484 e. The van der Waals surface area contributed by atoms with Gasteiger partial charge in [-0.1, -0.05) is 24.3 Å². The fraction of sp³-hybridized carbons (Fsp3) is 0.200. The molecule has 25 heavy (non-hydrogen) atoms. The summed E-state index contributed by atoms with van der Waals surface area (Å²) in [7, 11) is 1.98. The maximum atomic E-state index is 11.9. The number of carbonyl (C=O) groups excluding carboxylic acids is 1. The zero-order valence-corrected chi connectivity index (χ0v) is 14.6. The number of fused-ring (bicyclic) bond motifs is 1. The molecule has 0 saturated carbocycles. The van der Waals surface area contributed by atoms with Crippen LogP contribution >= 0.6 is 0 Å². The number of nitrogens with one attached hydrogen (secondary N) is 1. The van der Waals surface area contributed by atoms with Crippen molar-refractivity contribution in [3.05, 3.63) is 65.4 Å². The quantitative estimate of drug-likeness (QED) is 0.574. The lowest BCUT2D eigenvalue weighted by Crippen LogP contribution is -2.24. The minimum Gasteiger partial charge on any atom is -0.484 e. The van der Waals surface area contributed by atoms with E-state index in [1.807, 2.05) is 74.1 Å². The number of ether oxygens (including phenoxy) is 1. The van der Waals surface area contributed by atoms with Gasteiger partial charge in [0.25, 0.3) is 5.91 Å². The van der Waals surface area contributed by atoms with Crippen molar-refractivity contribution in [2.24, 2.45) is 12.1 Å². The van der Waals surface area contributed by atoms with E-state index in [2.05, 4.69) is 10.5 Å². The Morgan fingerprint density at radius 2 is 2.00 bits per heavy atom. The van der Waals surface area contributed by atoms with E-state index in [-0.39, 0.29) is 12.5 Å². The Balaban J connectivity index is 1.58. The van der Waals surface area contributed by atoms with E-state index in [9.17, 15) is 4.79 Å². The summed E-state index contributed by atoms with van der Waals surface area (Å²) < 4.78 is 7.52. The summed E-state index contributed by atoms with van der Waals surface area (Å²) in [5, 5.41) is 5.12. The zero-order chi connectivity index (χ0) is 17.8. The monoisotopic (exact) mass is 335 g/mol. The normalized spacial score (nSPS) is 11.2. The molecule has 0 fully saturated rings. The fourth-order valence-electron chi connectivity index (χ4n) is 2.63. The van der Waals surface area contributed by atoms with Crippen molar-refractivity contribution >= 4 is 23.0 Å². The van der Waals surface area contributed by atoms with Gasteiger partial charge in [-0.2, -0.15) is 5.10 Å². The van der Waals surface area contributed by atoms with Crippen molar-refractivity contribution in [3.63, 3.8) is 0 Å². The molecule has 5 heteroatoms. The van der Waals surface area contributed by atoms with Crippen molar-refractivity contribution in [2.45, 2.75) is 13.8 Å². The first kappa shape index (κ1) is 16.8. The molecule has 0 unspecified atom stereocenters. The molecule has 128 valence electrons. The third-order valence-corrected chi connectivity index (χ3v) is 4.17. The summed E-state index contributed by atoms with van der Waals surface area (Å²) >= 11 is 0. The van der Waals surface area contributed by atoms with Crippen LogP contribution in [-0.2, 0) is 11.8 Å². The molecule has 2 aromatic carbocycles. The summed E-state index contributed by atoms with van der Waals surface area (Å²) in [6.07, 6.45) is 3.63. The van der Waals surface area contributed by atoms with E-state index in [0.29, 0.717) is 5.75 Å². The van der Waals surface area contributed by atoms with E-state index < -0.39 is 0 Å². The molecule has 1 heterocycles. The summed E-state index contributed by atoms with van der Waals surface area (Å²) in [6, 6.07) is 13.8. The second-order valence-electron chi connectivity index (χ2n) is 6.04. The summed E-state index contributed by atoms with van der Waals surface area (Å²) in [6.45, 7) is 3.97. The number of aromatic nitrogens is 1. The van der Waals surface area contributed by atoms with Gasteiger partial charge in [-0.15, -0.1) is 0 Å². The molecule has 1 N–H and O–H groups in total. The third-order valence-electron chi connectivity index (χ3n) is 4.17. The van der Waals surface area contributed by atoms with Crippen LogP contribution in [0.15, 0.2) is 53.8 Å². The molecule has 0 bridgehead atoms. The number of aryl methyl sites for hydroxylation is 3. The number of carbonyl (C=O) groups is 1. The smallest absolute Gasteiger partial charge is 0.277 e. The van der Waals surface area contributed by atoms with Crippen LogP contribution in [0.5, 0.6) is 5.75 Å². The molecule has 0 aliphatic heterocycles. The predicted octanol–water partition coefficient (Wildman–Crippen LogP) is 3.32. The van der Waals surface area contributed by atoms with Crippen LogP contribution in [0.2, 0.25) is 0 Å². The minimum absolute atomic E-state index is 0.0740. The van der Waals surface area contributed by atoms with Crippen LogP contribution in [0.25, 0.3) is 10.9 Å². The summed E-state index contributed by atoms with van der Waals surface area (Å²) in [5.74, 6) is 0.381. The Morgan fingerprint density at radius 1 is 1.20 bits per heavy atom. The van der Waals surface area contributed by atoms with Gasteiger partial charge in [0.05, 0.1) is 6.21 Å². The van der Waals surface area contributed by atoms with Crippen LogP contribution in [0.3, 0.4) is 0 Å². The first-order chi connectivity index (χ1) is 12.0. The molecule has 3 aromatic rings. The number of benzene rings is 2. The predicted molar refractivity (Wildman–Crippen MR) is 100 cm³/mol. The lowest BCUT2D eigenvalue weighted by molar-refractivity contribution is -0.123. The van der Waals surface area contributed by atoms with Crippen molar-refractivity contribution < 1.29 is 9.53 Å². The van der Waals surface area contributed by atoms with Gasteiger partial charge in [0, 0.05) is 29.7 Å². The molecule has 0 saturated heterocycles. The second-order valence-corrected chi connectivity index (χ2v) is 6.04. The number of rotatable bonds is 5. The topological polar surface area (TPSA) is 55.6 Å². The van der Waals surface area contributed by atoms with E-state index in [0.717, 1.165) is 22.0 Å². The van der Waals surface area contributed by atoms with Gasteiger partial charge in [-0.3, -0.25) is 4.79 Å². The van der Waals surface area contributed by atoms with Crippen molar-refractivity contribution in [1.29, 1.82) is 0 Å². The molecule has 0 radical (unpaired) electrons. The first-order valence-corrected chi connectivity index (χ1v) is 8.10. The molecular weight excluding hydrogens is 314 g/mol. The molecular formula is C20H21N3O2.